The second-order valence-electron chi connectivity index (χ2n) is 5.37. The van der Waals surface area contributed by atoms with Gasteiger partial charge in [-0.15, -0.1) is 0 Å². The van der Waals surface area contributed by atoms with E-state index >= 15 is 0 Å². The molecule has 0 aromatic heterocycles. The lowest BCUT2D eigenvalue weighted by Gasteiger charge is -2.30. The largest absolute Gasteiger partial charge is 0.508 e. The monoisotopic (exact) mass is 290 g/mol. The Labute approximate surface area is 126 Å². The fourth-order valence-corrected chi connectivity index (χ4v) is 6.62. The maximum absolute atomic E-state index is 10.4. The smallest absolute Gasteiger partial charge is 0.150 e. The van der Waals surface area contributed by atoms with Crippen LogP contribution >= 0.6 is 0 Å². The molecule has 0 saturated carbocycles. The van der Waals surface area contributed by atoms with Gasteiger partial charge in [0.05, 0.1) is 0 Å². The first kappa shape index (κ1) is 13.7. The Balaban J connectivity index is 2.29. The molecule has 0 aliphatic carbocycles. The van der Waals surface area contributed by atoms with Crippen LogP contribution in [0.3, 0.4) is 0 Å². The fraction of sp³-hybridized carbons (Fsp3) is 0.0526. The molecule has 104 valence electrons. The molecule has 0 spiro atoms. The van der Waals surface area contributed by atoms with Gasteiger partial charge in [-0.1, -0.05) is 85.4 Å². The standard InChI is InChI=1S/C19H18OSi/c1-21(16-10-4-2-5-11-16,17-12-6-3-7-13-17)19-15-9-8-14-18(19)20/h2-15,20H,1H3. The summed E-state index contributed by atoms with van der Waals surface area (Å²) in [6.45, 7) is 2.30. The Hall–Kier alpha value is -2.32. The minimum absolute atomic E-state index is 0.388. The third kappa shape index (κ3) is 2.39. The summed E-state index contributed by atoms with van der Waals surface area (Å²) in [6, 6.07) is 28.8. The molecule has 0 amide bonds. The molecule has 0 unspecified atom stereocenters. The van der Waals surface area contributed by atoms with Crippen LogP contribution in [0.4, 0.5) is 0 Å². The summed E-state index contributed by atoms with van der Waals surface area (Å²) in [6.07, 6.45) is 0. The summed E-state index contributed by atoms with van der Waals surface area (Å²) >= 11 is 0. The SMILES string of the molecule is C[Si](c1ccccc1)(c1ccccc1)c1ccccc1O. The predicted molar refractivity (Wildman–Crippen MR) is 91.5 cm³/mol. The first-order chi connectivity index (χ1) is 10.2. The molecular weight excluding hydrogens is 272 g/mol. The molecule has 0 saturated heterocycles. The fourth-order valence-electron chi connectivity index (χ4n) is 2.92. The van der Waals surface area contributed by atoms with Gasteiger partial charge in [0.15, 0.2) is 0 Å². The van der Waals surface area contributed by atoms with E-state index in [1.54, 1.807) is 6.07 Å². The molecule has 2 heteroatoms. The first-order valence-electron chi connectivity index (χ1n) is 7.12. The van der Waals surface area contributed by atoms with Crippen molar-refractivity contribution in [1.82, 2.24) is 0 Å². The lowest BCUT2D eigenvalue weighted by atomic mass is 10.3. The number of para-hydroxylation sites is 1. The van der Waals surface area contributed by atoms with E-state index in [-0.39, 0.29) is 0 Å². The van der Waals surface area contributed by atoms with Gasteiger partial charge in [0, 0.05) is 0 Å². The van der Waals surface area contributed by atoms with Gasteiger partial charge < -0.3 is 5.11 Å². The van der Waals surface area contributed by atoms with Crippen LogP contribution < -0.4 is 15.6 Å². The molecule has 3 aromatic carbocycles. The van der Waals surface area contributed by atoms with E-state index in [1.807, 2.05) is 24.3 Å². The van der Waals surface area contributed by atoms with Crippen LogP contribution in [0.1, 0.15) is 0 Å². The van der Waals surface area contributed by atoms with E-state index in [4.69, 9.17) is 0 Å². The Bertz CT molecular complexity index is 683. The molecule has 1 N–H and O–H groups in total. The molecule has 3 rings (SSSR count). The molecule has 1 nitrogen and oxygen atoms in total. The summed E-state index contributed by atoms with van der Waals surface area (Å²) in [5.74, 6) is 0.388. The Kier molecular flexibility index (Phi) is 3.63. The van der Waals surface area contributed by atoms with Crippen molar-refractivity contribution in [1.29, 1.82) is 0 Å². The van der Waals surface area contributed by atoms with Crippen LogP contribution in [0.2, 0.25) is 6.55 Å². The average Bonchev–Trinajstić information content (AvgIpc) is 2.56. The Morgan fingerprint density at radius 1 is 0.619 bits per heavy atom. The van der Waals surface area contributed by atoms with Gasteiger partial charge in [-0.25, -0.2) is 0 Å². The third-order valence-electron chi connectivity index (χ3n) is 4.15. The lowest BCUT2D eigenvalue weighted by molar-refractivity contribution is 0.479. The number of hydrogen-bond acceptors (Lipinski definition) is 1. The first-order valence-corrected chi connectivity index (χ1v) is 9.62. The zero-order chi connectivity index (χ0) is 14.7. The highest BCUT2D eigenvalue weighted by Crippen LogP contribution is 2.13. The molecule has 21 heavy (non-hydrogen) atoms. The molecule has 0 atom stereocenters. The summed E-state index contributed by atoms with van der Waals surface area (Å²) in [7, 11) is -2.17. The molecule has 0 fully saturated rings. The summed E-state index contributed by atoms with van der Waals surface area (Å²) in [5, 5.41) is 14.1. The second-order valence-corrected chi connectivity index (χ2v) is 9.32. The summed E-state index contributed by atoms with van der Waals surface area (Å²) in [4.78, 5) is 0. The van der Waals surface area contributed by atoms with Crippen LogP contribution in [0, 0.1) is 0 Å². The maximum atomic E-state index is 10.4. The predicted octanol–water partition coefficient (Wildman–Crippen LogP) is 2.49. The van der Waals surface area contributed by atoms with Crippen molar-refractivity contribution < 1.29 is 5.11 Å². The van der Waals surface area contributed by atoms with Crippen molar-refractivity contribution in [2.75, 3.05) is 0 Å². The number of rotatable bonds is 3. The highest BCUT2D eigenvalue weighted by atomic mass is 28.3. The highest BCUT2D eigenvalue weighted by molar-refractivity contribution is 7.11. The lowest BCUT2D eigenvalue weighted by Crippen LogP contribution is -2.64. The van der Waals surface area contributed by atoms with E-state index < -0.39 is 8.07 Å². The van der Waals surface area contributed by atoms with Gasteiger partial charge in [0.25, 0.3) is 0 Å². The molecule has 0 aliphatic rings. The van der Waals surface area contributed by atoms with Gasteiger partial charge in [0.2, 0.25) is 0 Å². The van der Waals surface area contributed by atoms with E-state index in [9.17, 15) is 5.11 Å². The Morgan fingerprint density at radius 3 is 1.52 bits per heavy atom. The average molecular weight is 290 g/mol. The third-order valence-corrected chi connectivity index (χ3v) is 8.62. The van der Waals surface area contributed by atoms with Gasteiger partial charge >= 0.3 is 0 Å². The van der Waals surface area contributed by atoms with Crippen molar-refractivity contribution in [3.63, 3.8) is 0 Å². The minimum Gasteiger partial charge on any atom is -0.508 e. The van der Waals surface area contributed by atoms with Crippen molar-refractivity contribution in [2.24, 2.45) is 0 Å². The summed E-state index contributed by atoms with van der Waals surface area (Å²) in [5.41, 5.74) is 0. The minimum atomic E-state index is -2.17. The van der Waals surface area contributed by atoms with E-state index in [0.29, 0.717) is 5.75 Å². The molecule has 0 heterocycles. The number of hydrogen-bond donors (Lipinski definition) is 1. The topological polar surface area (TPSA) is 20.2 Å². The van der Waals surface area contributed by atoms with Crippen molar-refractivity contribution in [3.8, 4) is 5.75 Å². The molecule has 3 aromatic rings. The van der Waals surface area contributed by atoms with E-state index in [2.05, 4.69) is 61.1 Å². The number of phenolic OH excluding ortho intramolecular Hbond substituents is 1. The maximum Gasteiger partial charge on any atom is 0.150 e. The van der Waals surface area contributed by atoms with E-state index in [1.165, 1.54) is 10.4 Å². The van der Waals surface area contributed by atoms with Gasteiger partial charge in [-0.3, -0.25) is 0 Å². The van der Waals surface area contributed by atoms with Gasteiger partial charge in [-0.05, 0) is 21.6 Å². The van der Waals surface area contributed by atoms with Crippen LogP contribution in [0.15, 0.2) is 84.9 Å². The van der Waals surface area contributed by atoms with Crippen LogP contribution in [-0.2, 0) is 0 Å². The number of benzene rings is 3. The number of aromatic hydroxyl groups is 1. The molecule has 0 bridgehead atoms. The van der Waals surface area contributed by atoms with Gasteiger partial charge in [-0.2, -0.15) is 0 Å². The second kappa shape index (κ2) is 5.58. The van der Waals surface area contributed by atoms with Crippen LogP contribution in [0.25, 0.3) is 0 Å². The van der Waals surface area contributed by atoms with Crippen molar-refractivity contribution in [3.05, 3.63) is 84.9 Å². The molecular formula is C19H18OSi. The zero-order valence-corrected chi connectivity index (χ0v) is 13.0. The number of phenols is 1. The zero-order valence-electron chi connectivity index (χ0n) is 12.0. The molecule has 0 aliphatic heterocycles. The van der Waals surface area contributed by atoms with Crippen molar-refractivity contribution >= 4 is 23.6 Å². The summed E-state index contributed by atoms with van der Waals surface area (Å²) < 4.78 is 0. The Morgan fingerprint density at radius 2 is 1.05 bits per heavy atom. The van der Waals surface area contributed by atoms with Crippen molar-refractivity contribution in [2.45, 2.75) is 6.55 Å². The normalized spacial score (nSPS) is 11.3. The van der Waals surface area contributed by atoms with E-state index in [0.717, 1.165) is 5.19 Å². The molecule has 0 radical (unpaired) electrons. The van der Waals surface area contributed by atoms with Crippen LogP contribution in [-0.4, -0.2) is 13.2 Å². The quantitative estimate of drug-likeness (QED) is 0.580. The van der Waals surface area contributed by atoms with Gasteiger partial charge in [0.1, 0.15) is 13.8 Å². The highest BCUT2D eigenvalue weighted by Gasteiger charge is 2.35. The van der Waals surface area contributed by atoms with Crippen LogP contribution in [0.5, 0.6) is 5.75 Å².